The lowest BCUT2D eigenvalue weighted by Crippen LogP contribution is -2.47. The molecule has 0 atom stereocenters. The van der Waals surface area contributed by atoms with E-state index in [9.17, 15) is 4.79 Å². The van der Waals surface area contributed by atoms with Gasteiger partial charge >= 0.3 is 14.2 Å². The summed E-state index contributed by atoms with van der Waals surface area (Å²) in [5.74, 6) is 0.417. The Hall–Kier alpha value is -3.28. The third kappa shape index (κ3) is 11.5. The van der Waals surface area contributed by atoms with E-state index in [2.05, 4.69) is 69.8 Å². The number of nitrogen functional groups attached to an aromatic ring is 1. The molecule has 7 heteroatoms. The highest BCUT2D eigenvalue weighted by molar-refractivity contribution is 6.70. The standard InChI is InChI=1S/C21H31NO2Si.C8H8NO.C6H10O/c1-16(2)25(17(3)4,23-14-19-9-6-8-18(5)12-19)24-15-20-10-7-11-21(22)13-20;1-9-8-4-2-7(6-10)3-5-8;7-5-6-3-1-2-4-6/h6-13,16-17H,14-15,22H2,1-5H3;1-5,10H,6H2;5-6H,1-4H2/q;+1;. The topological polar surface area (TPSA) is 86.1 Å². The molecular formula is C35H49N2O4Si+. The Balaban J connectivity index is 0.000000293. The zero-order valence-electron chi connectivity index (χ0n) is 26.0. The van der Waals surface area contributed by atoms with Crippen LogP contribution in [0.4, 0.5) is 11.4 Å². The van der Waals surface area contributed by atoms with Gasteiger partial charge in [-0.15, -0.1) is 0 Å². The van der Waals surface area contributed by atoms with Crippen molar-refractivity contribution in [3.63, 3.8) is 0 Å². The van der Waals surface area contributed by atoms with Crippen LogP contribution in [0.25, 0.3) is 4.85 Å². The predicted molar refractivity (Wildman–Crippen MR) is 176 cm³/mol. The molecule has 0 saturated heterocycles. The van der Waals surface area contributed by atoms with E-state index in [1.807, 2.05) is 18.2 Å². The first kappa shape index (κ1) is 34.9. The quantitative estimate of drug-likeness (QED) is 0.140. The fourth-order valence-corrected chi connectivity index (χ4v) is 8.57. The number of nitrogens with two attached hydrogens (primary N) is 1. The van der Waals surface area contributed by atoms with Gasteiger partial charge in [-0.05, 0) is 76.6 Å². The summed E-state index contributed by atoms with van der Waals surface area (Å²) in [6.07, 6.45) is 5.91. The molecule has 0 aliphatic heterocycles. The van der Waals surface area contributed by atoms with Crippen molar-refractivity contribution in [1.29, 1.82) is 0 Å². The number of rotatable bonds is 10. The molecule has 3 aromatic rings. The Morgan fingerprint density at radius 1 is 0.905 bits per heavy atom. The largest absolute Gasteiger partial charge is 0.399 e. The molecular weight excluding hydrogens is 540 g/mol. The molecule has 226 valence electrons. The maximum Gasteiger partial charge on any atom is 0.344 e. The van der Waals surface area contributed by atoms with Crippen molar-refractivity contribution in [3.8, 4) is 6.57 Å². The number of hydrogen-bond acceptors (Lipinski definition) is 5. The lowest BCUT2D eigenvalue weighted by atomic mass is 10.1. The second-order valence-electron chi connectivity index (χ2n) is 11.5. The molecule has 0 spiro atoms. The minimum atomic E-state index is -2.39. The summed E-state index contributed by atoms with van der Waals surface area (Å²) < 4.78 is 13.0. The van der Waals surface area contributed by atoms with E-state index in [-0.39, 0.29) is 6.61 Å². The SMILES string of the molecule is C#[N+]c1ccc(CO)cc1.Cc1cccc(CO[Si](OCc2cccc(N)c2)(C(C)C)C(C)C)c1.O=CC1CCCC1. The number of carbonyl (C=O) groups excluding carboxylic acids is 1. The normalized spacial score (nSPS) is 13.1. The van der Waals surface area contributed by atoms with Crippen LogP contribution in [0.2, 0.25) is 11.1 Å². The number of aliphatic hydroxyl groups is 1. The van der Waals surface area contributed by atoms with E-state index < -0.39 is 8.56 Å². The van der Waals surface area contributed by atoms with Gasteiger partial charge in [-0.2, -0.15) is 0 Å². The minimum Gasteiger partial charge on any atom is -0.399 e. The van der Waals surface area contributed by atoms with Crippen molar-refractivity contribution in [3.05, 3.63) is 99.9 Å². The maximum atomic E-state index is 10.0. The molecule has 0 amide bonds. The third-order valence-corrected chi connectivity index (χ3v) is 11.8. The van der Waals surface area contributed by atoms with Gasteiger partial charge < -0.3 is 24.5 Å². The van der Waals surface area contributed by atoms with Crippen molar-refractivity contribution < 1.29 is 18.8 Å². The Kier molecular flexibility index (Phi) is 15.2. The zero-order chi connectivity index (χ0) is 31.0. The van der Waals surface area contributed by atoms with Crippen LogP contribution < -0.4 is 5.73 Å². The van der Waals surface area contributed by atoms with Gasteiger partial charge in [-0.25, -0.2) is 0 Å². The van der Waals surface area contributed by atoms with Crippen LogP contribution in [0.15, 0.2) is 72.8 Å². The monoisotopic (exact) mass is 589 g/mol. The van der Waals surface area contributed by atoms with Gasteiger partial charge in [0.1, 0.15) is 6.29 Å². The van der Waals surface area contributed by atoms with Crippen LogP contribution in [-0.4, -0.2) is 20.0 Å². The fourth-order valence-electron chi connectivity index (χ4n) is 5.03. The summed E-state index contributed by atoms with van der Waals surface area (Å²) in [5.41, 5.74) is 12.5. The molecule has 1 aliphatic carbocycles. The summed E-state index contributed by atoms with van der Waals surface area (Å²) in [7, 11) is -2.39. The number of nitrogens with zero attached hydrogens (tertiary/aromatic N) is 1. The lowest BCUT2D eigenvalue weighted by molar-refractivity contribution is -0.110. The fraction of sp³-hybridized carbons (Fsp3) is 0.429. The summed E-state index contributed by atoms with van der Waals surface area (Å²) in [6, 6.07) is 23.4. The Labute approximate surface area is 254 Å². The molecule has 0 unspecified atom stereocenters. The second-order valence-corrected chi connectivity index (χ2v) is 15.8. The summed E-state index contributed by atoms with van der Waals surface area (Å²) in [4.78, 5) is 13.5. The highest BCUT2D eigenvalue weighted by atomic mass is 28.4. The van der Waals surface area contributed by atoms with Crippen LogP contribution in [0.3, 0.4) is 0 Å². The van der Waals surface area contributed by atoms with Crippen LogP contribution in [0, 0.1) is 19.4 Å². The Morgan fingerprint density at radius 3 is 1.88 bits per heavy atom. The minimum absolute atomic E-state index is 0.0604. The highest BCUT2D eigenvalue weighted by Gasteiger charge is 2.45. The van der Waals surface area contributed by atoms with Crippen molar-refractivity contribution in [2.75, 3.05) is 5.73 Å². The van der Waals surface area contributed by atoms with Crippen LogP contribution >= 0.6 is 0 Å². The summed E-state index contributed by atoms with van der Waals surface area (Å²) in [5, 5.41) is 8.64. The Morgan fingerprint density at radius 2 is 1.45 bits per heavy atom. The van der Waals surface area contributed by atoms with Crippen LogP contribution in [0.1, 0.15) is 75.6 Å². The predicted octanol–water partition coefficient (Wildman–Crippen LogP) is 8.72. The van der Waals surface area contributed by atoms with Gasteiger partial charge in [0.25, 0.3) is 6.57 Å². The number of hydrogen-bond donors (Lipinski definition) is 2. The first-order valence-electron chi connectivity index (χ1n) is 14.9. The number of aldehydes is 1. The summed E-state index contributed by atoms with van der Waals surface area (Å²) in [6.45, 7) is 17.2. The van der Waals surface area contributed by atoms with Gasteiger partial charge in [0.15, 0.2) is 0 Å². The van der Waals surface area contributed by atoms with E-state index in [1.54, 1.807) is 24.3 Å². The maximum absolute atomic E-state index is 10.0. The number of anilines is 1. The van der Waals surface area contributed by atoms with Crippen LogP contribution in [0.5, 0.6) is 0 Å². The van der Waals surface area contributed by atoms with Gasteiger partial charge in [0.2, 0.25) is 0 Å². The number of carbonyl (C=O) groups is 1. The second kappa shape index (κ2) is 18.3. The molecule has 1 aliphatic rings. The van der Waals surface area contributed by atoms with Crippen molar-refractivity contribution in [1.82, 2.24) is 0 Å². The third-order valence-electron chi connectivity index (χ3n) is 7.43. The number of aliphatic hydroxyl groups excluding tert-OH is 1. The lowest BCUT2D eigenvalue weighted by Gasteiger charge is -2.37. The van der Waals surface area contributed by atoms with Crippen molar-refractivity contribution >= 4 is 26.2 Å². The molecule has 0 aromatic heterocycles. The molecule has 3 N–H and O–H groups in total. The Bertz CT molecular complexity index is 1190. The van der Waals surface area contributed by atoms with Gasteiger partial charge in [0, 0.05) is 23.7 Å². The van der Waals surface area contributed by atoms with E-state index in [4.69, 9.17) is 26.3 Å². The van der Waals surface area contributed by atoms with E-state index >= 15 is 0 Å². The van der Waals surface area contributed by atoms with Gasteiger partial charge in [-0.3, -0.25) is 0 Å². The van der Waals surface area contributed by atoms with Gasteiger partial charge in [0.05, 0.1) is 19.8 Å². The van der Waals surface area contributed by atoms with E-state index in [1.165, 1.54) is 24.0 Å². The average Bonchev–Trinajstić information content (AvgIpc) is 3.52. The zero-order valence-corrected chi connectivity index (χ0v) is 27.0. The van der Waals surface area contributed by atoms with E-state index in [0.717, 1.165) is 41.6 Å². The molecule has 6 nitrogen and oxygen atoms in total. The van der Waals surface area contributed by atoms with Gasteiger partial charge in [-0.1, -0.05) is 82.5 Å². The first-order chi connectivity index (χ1) is 20.1. The molecule has 42 heavy (non-hydrogen) atoms. The molecule has 0 radical (unpaired) electrons. The smallest absolute Gasteiger partial charge is 0.344 e. The van der Waals surface area contributed by atoms with Crippen molar-refractivity contribution in [2.24, 2.45) is 5.92 Å². The first-order valence-corrected chi connectivity index (χ1v) is 16.8. The molecule has 3 aromatic carbocycles. The van der Waals surface area contributed by atoms with E-state index in [0.29, 0.717) is 30.2 Å². The molecule has 1 saturated carbocycles. The average molecular weight is 590 g/mol. The molecule has 1 fully saturated rings. The highest BCUT2D eigenvalue weighted by Crippen LogP contribution is 2.36. The molecule has 4 rings (SSSR count). The number of benzene rings is 3. The number of aryl methyl sites for hydroxylation is 1. The molecule has 0 bridgehead atoms. The van der Waals surface area contributed by atoms with Crippen LogP contribution in [-0.2, 0) is 33.5 Å². The summed E-state index contributed by atoms with van der Waals surface area (Å²) >= 11 is 0. The van der Waals surface area contributed by atoms with Crippen molar-refractivity contribution in [2.45, 2.75) is 91.2 Å². The molecule has 0 heterocycles.